The minimum absolute atomic E-state index is 0.236. The van der Waals surface area contributed by atoms with Crippen molar-refractivity contribution in [3.05, 3.63) is 23.0 Å². The van der Waals surface area contributed by atoms with Gasteiger partial charge in [0.1, 0.15) is 0 Å². The van der Waals surface area contributed by atoms with Crippen LogP contribution in [-0.2, 0) is 4.79 Å². The first kappa shape index (κ1) is 17.1. The molecule has 0 bridgehead atoms. The fourth-order valence-corrected chi connectivity index (χ4v) is 3.31. The Bertz CT molecular complexity index is 446. The number of rotatable bonds is 7. The average molecular weight is 395 g/mol. The van der Waals surface area contributed by atoms with Crippen LogP contribution in [0, 0.1) is 0 Å². The van der Waals surface area contributed by atoms with E-state index in [2.05, 4.69) is 0 Å². The summed E-state index contributed by atoms with van der Waals surface area (Å²) >= 11 is -0.889. The Morgan fingerprint density at radius 3 is 2.70 bits per heavy atom. The van der Waals surface area contributed by atoms with E-state index >= 15 is 0 Å². The maximum atomic E-state index is 13.9. The third-order valence-electron chi connectivity index (χ3n) is 3.09. The molecule has 0 aromatic rings. The van der Waals surface area contributed by atoms with Crippen LogP contribution in [0.25, 0.3) is 0 Å². The quantitative estimate of drug-likeness (QED) is 0.279. The summed E-state index contributed by atoms with van der Waals surface area (Å²) in [6.07, 6.45) is 4.36. The van der Waals surface area contributed by atoms with Gasteiger partial charge in [-0.15, -0.1) is 0 Å². The fourth-order valence-electron chi connectivity index (χ4n) is 1.91. The third kappa shape index (κ3) is 5.22. The van der Waals surface area contributed by atoms with Gasteiger partial charge in [-0.25, -0.2) is 0 Å². The molecule has 0 spiro atoms. The van der Waals surface area contributed by atoms with Crippen molar-refractivity contribution in [2.45, 2.75) is 39.5 Å². The number of carbonyl (C=O) groups is 2. The summed E-state index contributed by atoms with van der Waals surface area (Å²) in [6, 6.07) is 0. The SMILES string of the molecule is CCCCN(C[I-]C(N)=O)C(=O)C1=C(F)C=C(C)CC1. The van der Waals surface area contributed by atoms with Crippen molar-refractivity contribution >= 4 is 9.82 Å². The van der Waals surface area contributed by atoms with Crippen molar-refractivity contribution in [3.8, 4) is 0 Å². The second-order valence-electron chi connectivity index (χ2n) is 4.80. The van der Waals surface area contributed by atoms with Crippen LogP contribution < -0.4 is 26.9 Å². The van der Waals surface area contributed by atoms with Gasteiger partial charge >= 0.3 is 129 Å². The fraction of sp³-hybridized carbons (Fsp3) is 0.571. The topological polar surface area (TPSA) is 63.4 Å². The van der Waals surface area contributed by atoms with Crippen LogP contribution >= 0.6 is 0 Å². The Balaban J connectivity index is 2.81. The average Bonchev–Trinajstić information content (AvgIpc) is 2.38. The second-order valence-corrected chi connectivity index (χ2v) is 7.30. The molecule has 6 heteroatoms. The summed E-state index contributed by atoms with van der Waals surface area (Å²) in [5, 5.41) is 0. The summed E-state index contributed by atoms with van der Waals surface area (Å²) in [7, 11) is 0. The monoisotopic (exact) mass is 395 g/mol. The van der Waals surface area contributed by atoms with Crippen molar-refractivity contribution in [1.29, 1.82) is 0 Å². The number of amides is 2. The van der Waals surface area contributed by atoms with Crippen molar-refractivity contribution in [2.75, 3.05) is 11.1 Å². The van der Waals surface area contributed by atoms with E-state index in [-0.39, 0.29) is 15.4 Å². The summed E-state index contributed by atoms with van der Waals surface area (Å²) in [6.45, 7) is 4.44. The van der Waals surface area contributed by atoms with Crippen LogP contribution in [0.5, 0.6) is 0 Å². The van der Waals surface area contributed by atoms with Gasteiger partial charge in [0, 0.05) is 0 Å². The van der Waals surface area contributed by atoms with Crippen LogP contribution in [0.4, 0.5) is 9.18 Å². The number of hydrogen-bond acceptors (Lipinski definition) is 2. The number of primary amides is 1. The van der Waals surface area contributed by atoms with Crippen molar-refractivity contribution in [2.24, 2.45) is 5.73 Å². The number of alkyl halides is 1. The molecule has 0 saturated heterocycles. The predicted molar refractivity (Wildman–Crippen MR) is 72.2 cm³/mol. The van der Waals surface area contributed by atoms with E-state index in [0.717, 1.165) is 18.4 Å². The van der Waals surface area contributed by atoms with E-state index in [9.17, 15) is 14.0 Å². The molecule has 0 aliphatic heterocycles. The molecule has 1 aliphatic carbocycles. The van der Waals surface area contributed by atoms with Crippen LogP contribution in [0.3, 0.4) is 0 Å². The van der Waals surface area contributed by atoms with E-state index in [0.29, 0.717) is 23.9 Å². The van der Waals surface area contributed by atoms with Crippen LogP contribution in [-0.4, -0.2) is 25.8 Å². The van der Waals surface area contributed by atoms with E-state index in [1.165, 1.54) is 6.08 Å². The molecular formula is C14H21FIN2O2-. The Hall–Kier alpha value is -0.920. The molecule has 20 heavy (non-hydrogen) atoms. The summed E-state index contributed by atoms with van der Waals surface area (Å²) in [5.41, 5.74) is 6.35. The Kier molecular flexibility index (Phi) is 7.18. The molecule has 0 aromatic carbocycles. The summed E-state index contributed by atoms with van der Waals surface area (Å²) < 4.78 is 13.9. The van der Waals surface area contributed by atoms with E-state index < -0.39 is 27.0 Å². The molecular weight excluding hydrogens is 374 g/mol. The first-order valence-corrected chi connectivity index (χ1v) is 9.29. The molecule has 0 heterocycles. The zero-order valence-corrected chi connectivity index (χ0v) is 14.1. The molecule has 0 unspecified atom stereocenters. The van der Waals surface area contributed by atoms with Gasteiger partial charge in [0.25, 0.3) is 0 Å². The first-order chi connectivity index (χ1) is 9.45. The number of unbranched alkanes of at least 4 members (excludes halogenated alkanes) is 1. The van der Waals surface area contributed by atoms with Gasteiger partial charge in [-0.1, -0.05) is 0 Å². The van der Waals surface area contributed by atoms with Gasteiger partial charge < -0.3 is 0 Å². The number of carbonyl (C=O) groups excluding carboxylic acids is 2. The zero-order chi connectivity index (χ0) is 15.1. The number of hydrogen-bond donors (Lipinski definition) is 1. The van der Waals surface area contributed by atoms with Crippen molar-refractivity contribution in [3.63, 3.8) is 0 Å². The summed E-state index contributed by atoms with van der Waals surface area (Å²) in [5.74, 6) is -0.710. The van der Waals surface area contributed by atoms with E-state index in [1.54, 1.807) is 4.90 Å². The Labute approximate surface area is 129 Å². The molecule has 0 fully saturated rings. The molecule has 114 valence electrons. The molecule has 1 rings (SSSR count). The van der Waals surface area contributed by atoms with Gasteiger partial charge in [0.15, 0.2) is 0 Å². The molecule has 0 radical (unpaired) electrons. The zero-order valence-electron chi connectivity index (χ0n) is 11.9. The Morgan fingerprint density at radius 1 is 1.45 bits per heavy atom. The van der Waals surface area contributed by atoms with Crippen molar-refractivity contribution in [1.82, 2.24) is 4.90 Å². The maximum absolute atomic E-state index is 13.9. The van der Waals surface area contributed by atoms with Crippen LogP contribution in [0.1, 0.15) is 39.5 Å². The van der Waals surface area contributed by atoms with E-state index in [1.807, 2.05) is 13.8 Å². The molecule has 4 nitrogen and oxygen atoms in total. The van der Waals surface area contributed by atoms with Gasteiger partial charge in [0.05, 0.1) is 0 Å². The van der Waals surface area contributed by atoms with Crippen molar-refractivity contribution < 1.29 is 35.2 Å². The van der Waals surface area contributed by atoms with Crippen LogP contribution in [0.2, 0.25) is 0 Å². The van der Waals surface area contributed by atoms with E-state index in [4.69, 9.17) is 5.73 Å². The third-order valence-corrected chi connectivity index (χ3v) is 5.01. The molecule has 2 amide bonds. The number of nitrogens with two attached hydrogens (primary N) is 1. The minimum atomic E-state index is -0.889. The molecule has 0 aromatic heterocycles. The molecule has 0 saturated carbocycles. The molecule has 1 aliphatic rings. The second kappa shape index (κ2) is 8.39. The number of allylic oxidation sites excluding steroid dienone is 3. The Morgan fingerprint density at radius 2 is 2.15 bits per heavy atom. The van der Waals surface area contributed by atoms with Gasteiger partial charge in [-0.05, 0) is 0 Å². The van der Waals surface area contributed by atoms with Crippen LogP contribution in [0.15, 0.2) is 23.0 Å². The first-order valence-electron chi connectivity index (χ1n) is 6.69. The van der Waals surface area contributed by atoms with Gasteiger partial charge in [-0.3, -0.25) is 0 Å². The van der Waals surface area contributed by atoms with Gasteiger partial charge in [0.2, 0.25) is 0 Å². The predicted octanol–water partition coefficient (Wildman–Crippen LogP) is -0.296. The molecule has 0 atom stereocenters. The van der Waals surface area contributed by atoms with Gasteiger partial charge in [-0.2, -0.15) is 0 Å². The standard InChI is InChI=1S/C14H21FIN2O2/c1-3-4-7-18(9-16-14(17)20)13(19)11-6-5-10(2)8-12(11)15/h8H,3-7,9H2,1-2H3,(H2,17,20)/q-1. The summed E-state index contributed by atoms with van der Waals surface area (Å²) in [4.78, 5) is 24.9. The number of halogens is 2. The number of nitrogens with zero attached hydrogens (tertiary/aromatic N) is 1. The molecule has 2 N–H and O–H groups in total. The normalized spacial score (nSPS) is 15.2.